The van der Waals surface area contributed by atoms with Gasteiger partial charge in [-0.25, -0.2) is 0 Å². The normalized spacial score (nSPS) is 11.9. The molecule has 1 atom stereocenters. The minimum absolute atomic E-state index is 0.219. The third kappa shape index (κ3) is 3.08. The van der Waals surface area contributed by atoms with E-state index in [1.54, 1.807) is 25.4 Å². The van der Waals surface area contributed by atoms with Crippen molar-refractivity contribution in [1.82, 2.24) is 9.88 Å². The maximum Gasteiger partial charge on any atom is 0.252 e. The molecule has 5 heteroatoms. The van der Waals surface area contributed by atoms with E-state index in [0.717, 1.165) is 5.56 Å². The van der Waals surface area contributed by atoms with E-state index in [-0.39, 0.29) is 17.5 Å². The number of hydrogen-bond acceptors (Lipinski definition) is 2. The number of rotatable bonds is 3. The van der Waals surface area contributed by atoms with Gasteiger partial charge in [-0.2, -0.15) is 0 Å². The molecule has 1 amide bonds. The lowest BCUT2D eigenvalue weighted by molar-refractivity contribution is 0.0939. The third-order valence-electron chi connectivity index (χ3n) is 3.09. The molecule has 20 heavy (non-hydrogen) atoms. The Kier molecular flexibility index (Phi) is 4.25. The van der Waals surface area contributed by atoms with Crippen LogP contribution in [0.1, 0.15) is 28.9 Å². The predicted molar refractivity (Wildman–Crippen MR) is 79.0 cm³/mol. The number of aromatic nitrogens is 1. The maximum absolute atomic E-state index is 12.1. The highest BCUT2D eigenvalue weighted by molar-refractivity contribution is 6.31. The number of amides is 1. The van der Waals surface area contributed by atoms with Gasteiger partial charge in [0.1, 0.15) is 0 Å². The molecular formula is C15H15ClN2O2. The van der Waals surface area contributed by atoms with Gasteiger partial charge in [0.05, 0.1) is 6.04 Å². The highest BCUT2D eigenvalue weighted by atomic mass is 35.5. The molecular weight excluding hydrogens is 276 g/mol. The van der Waals surface area contributed by atoms with Gasteiger partial charge in [-0.1, -0.05) is 29.8 Å². The van der Waals surface area contributed by atoms with E-state index >= 15 is 0 Å². The molecule has 0 aliphatic rings. The molecule has 104 valence electrons. The summed E-state index contributed by atoms with van der Waals surface area (Å²) in [4.78, 5) is 23.6. The summed E-state index contributed by atoms with van der Waals surface area (Å²) >= 11 is 6.09. The number of halogens is 1. The Labute approximate surface area is 122 Å². The van der Waals surface area contributed by atoms with Crippen LogP contribution < -0.4 is 10.9 Å². The summed E-state index contributed by atoms with van der Waals surface area (Å²) in [7, 11) is 1.64. The first-order valence-electron chi connectivity index (χ1n) is 6.21. The topological polar surface area (TPSA) is 51.1 Å². The third-order valence-corrected chi connectivity index (χ3v) is 3.43. The second kappa shape index (κ2) is 5.92. The van der Waals surface area contributed by atoms with E-state index < -0.39 is 0 Å². The first-order chi connectivity index (χ1) is 9.49. The van der Waals surface area contributed by atoms with Crippen LogP contribution in [0, 0.1) is 0 Å². The van der Waals surface area contributed by atoms with Gasteiger partial charge < -0.3 is 9.88 Å². The van der Waals surface area contributed by atoms with Crippen LogP contribution in [0.2, 0.25) is 5.02 Å². The number of hydrogen-bond donors (Lipinski definition) is 1. The molecule has 1 N–H and O–H groups in total. The van der Waals surface area contributed by atoms with E-state index in [9.17, 15) is 9.59 Å². The molecule has 4 nitrogen and oxygen atoms in total. The van der Waals surface area contributed by atoms with Crippen molar-refractivity contribution >= 4 is 17.5 Å². The van der Waals surface area contributed by atoms with Crippen LogP contribution in [-0.4, -0.2) is 10.5 Å². The van der Waals surface area contributed by atoms with Crippen molar-refractivity contribution in [1.29, 1.82) is 0 Å². The minimum Gasteiger partial charge on any atom is -0.345 e. The van der Waals surface area contributed by atoms with E-state index in [1.807, 2.05) is 25.1 Å². The number of nitrogens with one attached hydrogen (secondary N) is 1. The number of nitrogens with zero attached hydrogens (tertiary/aromatic N) is 1. The van der Waals surface area contributed by atoms with Crippen molar-refractivity contribution in [2.24, 2.45) is 7.05 Å². The van der Waals surface area contributed by atoms with Crippen molar-refractivity contribution in [3.8, 4) is 0 Å². The fourth-order valence-corrected chi connectivity index (χ4v) is 2.17. The van der Waals surface area contributed by atoms with Crippen molar-refractivity contribution in [3.05, 3.63) is 69.1 Å². The van der Waals surface area contributed by atoms with E-state index in [1.165, 1.54) is 10.6 Å². The van der Waals surface area contributed by atoms with Crippen molar-refractivity contribution < 1.29 is 4.79 Å². The van der Waals surface area contributed by atoms with Gasteiger partial charge in [0.2, 0.25) is 0 Å². The second-order valence-electron chi connectivity index (χ2n) is 4.58. The number of pyridine rings is 1. The molecule has 1 heterocycles. The summed E-state index contributed by atoms with van der Waals surface area (Å²) in [6.07, 6.45) is 1.57. The number of benzene rings is 1. The van der Waals surface area contributed by atoms with Crippen molar-refractivity contribution in [3.63, 3.8) is 0 Å². The second-order valence-corrected chi connectivity index (χ2v) is 4.99. The summed E-state index contributed by atoms with van der Waals surface area (Å²) in [6.45, 7) is 1.85. The molecule has 2 rings (SSSR count). The van der Waals surface area contributed by atoms with Gasteiger partial charge in [-0.15, -0.1) is 0 Å². The van der Waals surface area contributed by atoms with Gasteiger partial charge in [0.15, 0.2) is 0 Å². The van der Waals surface area contributed by atoms with Crippen LogP contribution >= 0.6 is 11.6 Å². The van der Waals surface area contributed by atoms with Crippen LogP contribution in [-0.2, 0) is 7.05 Å². The Bertz CT molecular complexity index is 694. The van der Waals surface area contributed by atoms with Crippen LogP contribution in [0.5, 0.6) is 0 Å². The summed E-state index contributed by atoms with van der Waals surface area (Å²) in [5, 5.41) is 3.43. The molecule has 0 fully saturated rings. The lowest BCUT2D eigenvalue weighted by atomic mass is 10.1. The molecule has 2 aromatic rings. The monoisotopic (exact) mass is 290 g/mol. The van der Waals surface area contributed by atoms with Crippen LogP contribution in [0.15, 0.2) is 47.4 Å². The van der Waals surface area contributed by atoms with Gasteiger partial charge in [0, 0.05) is 29.9 Å². The summed E-state index contributed by atoms with van der Waals surface area (Å²) in [5.41, 5.74) is 0.960. The van der Waals surface area contributed by atoms with Crippen LogP contribution in [0.4, 0.5) is 0 Å². The first-order valence-corrected chi connectivity index (χ1v) is 6.59. The highest BCUT2D eigenvalue weighted by Gasteiger charge is 2.14. The average Bonchev–Trinajstić information content (AvgIpc) is 2.42. The average molecular weight is 291 g/mol. The van der Waals surface area contributed by atoms with E-state index in [2.05, 4.69) is 5.32 Å². The van der Waals surface area contributed by atoms with Crippen molar-refractivity contribution in [2.45, 2.75) is 13.0 Å². The lowest BCUT2D eigenvalue weighted by Crippen LogP contribution is -2.28. The largest absolute Gasteiger partial charge is 0.345 e. The summed E-state index contributed by atoms with van der Waals surface area (Å²) in [6, 6.07) is 10.0. The molecule has 0 bridgehead atoms. The Hall–Kier alpha value is -2.07. The Morgan fingerprint density at radius 2 is 2.00 bits per heavy atom. The zero-order chi connectivity index (χ0) is 14.7. The predicted octanol–water partition coefficient (Wildman–Crippen LogP) is 2.53. The summed E-state index contributed by atoms with van der Waals surface area (Å²) in [5.74, 6) is -0.296. The fourth-order valence-electron chi connectivity index (χ4n) is 1.87. The highest BCUT2D eigenvalue weighted by Crippen LogP contribution is 2.22. The molecule has 0 saturated carbocycles. The quantitative estimate of drug-likeness (QED) is 0.944. The minimum atomic E-state index is -0.296. The molecule has 0 saturated heterocycles. The van der Waals surface area contributed by atoms with Gasteiger partial charge in [0.25, 0.3) is 11.5 Å². The van der Waals surface area contributed by atoms with E-state index in [4.69, 9.17) is 11.6 Å². The molecule has 0 spiro atoms. The van der Waals surface area contributed by atoms with Crippen LogP contribution in [0.25, 0.3) is 0 Å². The molecule has 1 unspecified atom stereocenters. The SMILES string of the molecule is CC(NC(=O)c1ccn(C)c(=O)c1)c1ccccc1Cl. The first kappa shape index (κ1) is 14.3. The fraction of sp³-hybridized carbons (Fsp3) is 0.200. The zero-order valence-electron chi connectivity index (χ0n) is 11.3. The summed E-state index contributed by atoms with van der Waals surface area (Å²) < 4.78 is 1.41. The Morgan fingerprint density at radius 3 is 2.65 bits per heavy atom. The van der Waals surface area contributed by atoms with Crippen molar-refractivity contribution in [2.75, 3.05) is 0 Å². The number of carbonyl (C=O) groups excluding carboxylic acids is 1. The standard InChI is InChI=1S/C15H15ClN2O2/c1-10(12-5-3-4-6-13(12)16)17-15(20)11-7-8-18(2)14(19)9-11/h3-10H,1-2H3,(H,17,20). The molecule has 0 aliphatic heterocycles. The maximum atomic E-state index is 12.1. The molecule has 0 aliphatic carbocycles. The number of aryl methyl sites for hydroxylation is 1. The molecule has 1 aromatic carbocycles. The molecule has 1 aromatic heterocycles. The van der Waals surface area contributed by atoms with Crippen LogP contribution in [0.3, 0.4) is 0 Å². The Balaban J connectivity index is 2.17. The lowest BCUT2D eigenvalue weighted by Gasteiger charge is -2.15. The van der Waals surface area contributed by atoms with Gasteiger partial charge in [-0.3, -0.25) is 9.59 Å². The van der Waals surface area contributed by atoms with E-state index in [0.29, 0.717) is 10.6 Å². The molecule has 0 radical (unpaired) electrons. The number of carbonyl (C=O) groups is 1. The smallest absolute Gasteiger partial charge is 0.252 e. The van der Waals surface area contributed by atoms with Gasteiger partial charge in [-0.05, 0) is 24.6 Å². The Morgan fingerprint density at radius 1 is 1.30 bits per heavy atom. The van der Waals surface area contributed by atoms with Gasteiger partial charge >= 0.3 is 0 Å². The zero-order valence-corrected chi connectivity index (χ0v) is 12.0.